The first kappa shape index (κ1) is 9.64. The molecule has 0 aromatic carbocycles. The number of hydrogen-bond acceptors (Lipinski definition) is 3. The summed E-state index contributed by atoms with van der Waals surface area (Å²) < 4.78 is 0. The summed E-state index contributed by atoms with van der Waals surface area (Å²) >= 11 is 0. The van der Waals surface area contributed by atoms with Gasteiger partial charge >= 0.3 is 5.97 Å². The van der Waals surface area contributed by atoms with Crippen molar-refractivity contribution in [2.75, 3.05) is 6.61 Å². The van der Waals surface area contributed by atoms with Crippen molar-refractivity contribution in [1.29, 1.82) is 0 Å². The Morgan fingerprint density at radius 2 is 2.13 bits per heavy atom. The van der Waals surface area contributed by atoms with Crippen LogP contribution in [0, 0.1) is 29.1 Å². The molecule has 3 aliphatic rings. The lowest BCUT2D eigenvalue weighted by Crippen LogP contribution is -2.44. The van der Waals surface area contributed by atoms with Crippen molar-refractivity contribution in [3.05, 3.63) is 0 Å². The standard InChI is InChI=1S/C12H18O3/c1-7-8(2)10-3-9(7)4-12(10)5-11(13)15-14-6-12/h7-10H,3-6H2,1-2H3. The molecule has 1 heterocycles. The molecule has 3 rings (SSSR count). The van der Waals surface area contributed by atoms with Crippen molar-refractivity contribution in [3.8, 4) is 0 Å². The van der Waals surface area contributed by atoms with Crippen LogP contribution in [0.1, 0.15) is 33.1 Å². The van der Waals surface area contributed by atoms with E-state index >= 15 is 0 Å². The minimum atomic E-state index is -0.173. The van der Waals surface area contributed by atoms with Crippen LogP contribution < -0.4 is 0 Å². The zero-order valence-electron chi connectivity index (χ0n) is 9.36. The second-order valence-corrected chi connectivity index (χ2v) is 5.78. The molecule has 0 aromatic rings. The van der Waals surface area contributed by atoms with Crippen LogP contribution in [0.4, 0.5) is 0 Å². The van der Waals surface area contributed by atoms with E-state index in [1.54, 1.807) is 0 Å². The van der Waals surface area contributed by atoms with Gasteiger partial charge in [0, 0.05) is 5.41 Å². The maximum Gasteiger partial charge on any atom is 0.343 e. The number of carbonyl (C=O) groups excluding carboxylic acids is 1. The van der Waals surface area contributed by atoms with E-state index in [0.29, 0.717) is 18.9 Å². The van der Waals surface area contributed by atoms with Crippen molar-refractivity contribution in [2.45, 2.75) is 33.1 Å². The SMILES string of the molecule is CC1C2CC(C1C)C1(COOC(=O)C1)C2. The molecule has 0 N–H and O–H groups in total. The predicted molar refractivity (Wildman–Crippen MR) is 53.6 cm³/mol. The zero-order valence-corrected chi connectivity index (χ0v) is 9.36. The van der Waals surface area contributed by atoms with Crippen LogP contribution in [-0.2, 0) is 14.6 Å². The van der Waals surface area contributed by atoms with E-state index in [0.717, 1.165) is 24.2 Å². The second-order valence-electron chi connectivity index (χ2n) is 5.78. The van der Waals surface area contributed by atoms with E-state index in [4.69, 9.17) is 4.89 Å². The third kappa shape index (κ3) is 1.19. The van der Waals surface area contributed by atoms with Crippen LogP contribution in [0.25, 0.3) is 0 Å². The molecule has 3 fully saturated rings. The molecule has 2 aliphatic carbocycles. The molecule has 84 valence electrons. The molecule has 2 saturated carbocycles. The van der Waals surface area contributed by atoms with E-state index in [9.17, 15) is 4.79 Å². The maximum absolute atomic E-state index is 11.3. The summed E-state index contributed by atoms with van der Waals surface area (Å²) in [6.07, 6.45) is 3.03. The Morgan fingerprint density at radius 1 is 1.33 bits per heavy atom. The third-order valence-electron chi connectivity index (χ3n) is 5.21. The molecule has 15 heavy (non-hydrogen) atoms. The molecule has 0 aromatic heterocycles. The van der Waals surface area contributed by atoms with Gasteiger partial charge in [-0.25, -0.2) is 4.79 Å². The van der Waals surface area contributed by atoms with Gasteiger partial charge in [0.25, 0.3) is 0 Å². The molecule has 3 nitrogen and oxygen atoms in total. The Labute approximate surface area is 90.1 Å². The highest BCUT2D eigenvalue weighted by Crippen LogP contribution is 2.63. The summed E-state index contributed by atoms with van der Waals surface area (Å²) in [5, 5.41) is 0. The fourth-order valence-corrected chi connectivity index (χ4v) is 4.25. The Bertz CT molecular complexity index is 299. The first-order valence-corrected chi connectivity index (χ1v) is 5.95. The molecule has 1 spiro atoms. The lowest BCUT2D eigenvalue weighted by Gasteiger charge is -2.43. The molecule has 0 radical (unpaired) electrons. The van der Waals surface area contributed by atoms with Gasteiger partial charge in [0.15, 0.2) is 0 Å². The van der Waals surface area contributed by atoms with Crippen molar-refractivity contribution in [2.24, 2.45) is 29.1 Å². The van der Waals surface area contributed by atoms with Gasteiger partial charge in [0.2, 0.25) is 0 Å². The fraction of sp³-hybridized carbons (Fsp3) is 0.917. The highest BCUT2D eigenvalue weighted by Gasteiger charge is 2.59. The van der Waals surface area contributed by atoms with Crippen LogP contribution in [0.3, 0.4) is 0 Å². The summed E-state index contributed by atoms with van der Waals surface area (Å²) in [4.78, 5) is 20.9. The van der Waals surface area contributed by atoms with Gasteiger partial charge < -0.3 is 0 Å². The van der Waals surface area contributed by atoms with Crippen LogP contribution >= 0.6 is 0 Å². The minimum absolute atomic E-state index is 0.117. The molecular formula is C12H18O3. The molecular weight excluding hydrogens is 192 g/mol. The smallest absolute Gasteiger partial charge is 0.298 e. The van der Waals surface area contributed by atoms with E-state index in [1.165, 1.54) is 6.42 Å². The maximum atomic E-state index is 11.3. The quantitative estimate of drug-likeness (QED) is 0.575. The first-order valence-electron chi connectivity index (χ1n) is 5.95. The summed E-state index contributed by atoms with van der Waals surface area (Å²) in [7, 11) is 0. The zero-order chi connectivity index (χ0) is 10.6. The molecule has 0 amide bonds. The Hall–Kier alpha value is -0.570. The summed E-state index contributed by atoms with van der Waals surface area (Å²) in [5.41, 5.74) is 0.117. The van der Waals surface area contributed by atoms with Crippen LogP contribution in [0.5, 0.6) is 0 Å². The number of carbonyl (C=O) groups is 1. The summed E-state index contributed by atoms with van der Waals surface area (Å²) in [6, 6.07) is 0. The van der Waals surface area contributed by atoms with Crippen molar-refractivity contribution in [1.82, 2.24) is 0 Å². The van der Waals surface area contributed by atoms with Gasteiger partial charge in [-0.1, -0.05) is 13.8 Å². The first-order chi connectivity index (χ1) is 7.12. The van der Waals surface area contributed by atoms with E-state index in [2.05, 4.69) is 18.7 Å². The van der Waals surface area contributed by atoms with Gasteiger partial charge in [0.1, 0.15) is 6.61 Å². The predicted octanol–water partition coefficient (Wildman–Crippen LogP) is 2.16. The van der Waals surface area contributed by atoms with Gasteiger partial charge in [-0.3, -0.25) is 4.89 Å². The molecule has 5 atom stereocenters. The number of rotatable bonds is 0. The van der Waals surface area contributed by atoms with E-state index in [1.807, 2.05) is 0 Å². The topological polar surface area (TPSA) is 35.5 Å². The van der Waals surface area contributed by atoms with Crippen molar-refractivity contribution < 1.29 is 14.6 Å². The van der Waals surface area contributed by atoms with Crippen LogP contribution in [-0.4, -0.2) is 12.6 Å². The average molecular weight is 210 g/mol. The Morgan fingerprint density at radius 3 is 2.73 bits per heavy atom. The van der Waals surface area contributed by atoms with Gasteiger partial charge in [-0.05, 0) is 36.5 Å². The molecule has 1 saturated heterocycles. The lowest BCUT2D eigenvalue weighted by atomic mass is 9.64. The van der Waals surface area contributed by atoms with Crippen LogP contribution in [0.15, 0.2) is 0 Å². The second kappa shape index (κ2) is 2.97. The number of fused-ring (bicyclic) bond motifs is 3. The van der Waals surface area contributed by atoms with Crippen molar-refractivity contribution >= 4 is 5.97 Å². The highest BCUT2D eigenvalue weighted by atomic mass is 17.2. The third-order valence-corrected chi connectivity index (χ3v) is 5.21. The van der Waals surface area contributed by atoms with Gasteiger partial charge in [0.05, 0.1) is 6.42 Å². The Kier molecular flexibility index (Phi) is 1.91. The fourth-order valence-electron chi connectivity index (χ4n) is 4.25. The van der Waals surface area contributed by atoms with Gasteiger partial charge in [-0.15, -0.1) is 0 Å². The Balaban J connectivity index is 1.87. The summed E-state index contributed by atoms with van der Waals surface area (Å²) in [5.74, 6) is 2.86. The highest BCUT2D eigenvalue weighted by molar-refractivity contribution is 5.70. The molecule has 5 unspecified atom stereocenters. The minimum Gasteiger partial charge on any atom is -0.298 e. The van der Waals surface area contributed by atoms with Crippen LogP contribution in [0.2, 0.25) is 0 Å². The van der Waals surface area contributed by atoms with Crippen molar-refractivity contribution in [3.63, 3.8) is 0 Å². The van der Waals surface area contributed by atoms with E-state index < -0.39 is 0 Å². The molecule has 1 aliphatic heterocycles. The number of hydrogen-bond donors (Lipinski definition) is 0. The summed E-state index contributed by atoms with van der Waals surface area (Å²) in [6.45, 7) is 5.30. The monoisotopic (exact) mass is 210 g/mol. The average Bonchev–Trinajstić information content (AvgIpc) is 2.66. The molecule has 2 bridgehead atoms. The molecule has 3 heteroatoms. The van der Waals surface area contributed by atoms with E-state index in [-0.39, 0.29) is 11.4 Å². The lowest BCUT2D eigenvalue weighted by molar-refractivity contribution is -0.313. The van der Waals surface area contributed by atoms with Gasteiger partial charge in [-0.2, -0.15) is 4.89 Å². The normalized spacial score (nSPS) is 53.6. The largest absolute Gasteiger partial charge is 0.343 e.